The molecular weight excluding hydrogens is 114 g/mol. The van der Waals surface area contributed by atoms with Gasteiger partial charge in [-0.2, -0.15) is 5.06 Å². The van der Waals surface area contributed by atoms with Crippen molar-refractivity contribution in [2.75, 3.05) is 0 Å². The third-order valence-corrected chi connectivity index (χ3v) is 2.00. The topological polar surface area (TPSA) is 23.5 Å². The van der Waals surface area contributed by atoms with Gasteiger partial charge >= 0.3 is 0 Å². The molecule has 2 heteroatoms. The molecule has 53 valence electrons. The minimum atomic E-state index is 0.332. The van der Waals surface area contributed by atoms with Crippen molar-refractivity contribution in [3.63, 3.8) is 0 Å². The van der Waals surface area contributed by atoms with Crippen LogP contribution in [0.4, 0.5) is 0 Å². The fraction of sp³-hybridized carbons (Fsp3) is 0.857. The van der Waals surface area contributed by atoms with E-state index < -0.39 is 0 Å². The highest BCUT2D eigenvalue weighted by Gasteiger charge is 2.15. The molecule has 1 saturated carbocycles. The summed E-state index contributed by atoms with van der Waals surface area (Å²) in [6.45, 7) is 0. The molecule has 1 aliphatic carbocycles. The van der Waals surface area contributed by atoms with Gasteiger partial charge in [-0.1, -0.05) is 19.3 Å². The van der Waals surface area contributed by atoms with E-state index in [2.05, 4.69) is 7.05 Å². The molecule has 0 aromatic rings. The number of hydrogen-bond donors (Lipinski definition) is 1. The van der Waals surface area contributed by atoms with Gasteiger partial charge in [0.2, 0.25) is 0 Å². The lowest BCUT2D eigenvalue weighted by atomic mass is 9.96. The maximum Gasteiger partial charge on any atom is 0.0392 e. The highest BCUT2D eigenvalue weighted by atomic mass is 16.5. The lowest BCUT2D eigenvalue weighted by Gasteiger charge is -2.25. The van der Waals surface area contributed by atoms with Gasteiger partial charge in [0.1, 0.15) is 0 Å². The Morgan fingerprint density at radius 2 is 1.78 bits per heavy atom. The molecule has 2 nitrogen and oxygen atoms in total. The standard InChI is InChI=1S/C7H14NO/c1-8(9)7-5-3-2-4-6-7/h7,9H,1-6H2. The molecule has 0 saturated heterocycles. The van der Waals surface area contributed by atoms with Gasteiger partial charge in [-0.15, -0.1) is 0 Å². The monoisotopic (exact) mass is 128 g/mol. The Morgan fingerprint density at radius 3 is 2.11 bits per heavy atom. The summed E-state index contributed by atoms with van der Waals surface area (Å²) >= 11 is 0. The molecule has 1 fully saturated rings. The van der Waals surface area contributed by atoms with E-state index in [9.17, 15) is 0 Å². The molecule has 1 rings (SSSR count). The van der Waals surface area contributed by atoms with Crippen molar-refractivity contribution in [2.24, 2.45) is 0 Å². The van der Waals surface area contributed by atoms with E-state index in [-0.39, 0.29) is 0 Å². The van der Waals surface area contributed by atoms with Crippen molar-refractivity contribution in [1.82, 2.24) is 5.06 Å². The number of nitrogens with zero attached hydrogens (tertiary/aromatic N) is 1. The van der Waals surface area contributed by atoms with Crippen LogP contribution in [0.2, 0.25) is 0 Å². The van der Waals surface area contributed by atoms with Crippen LogP contribution in [0.25, 0.3) is 0 Å². The Balaban J connectivity index is 2.23. The van der Waals surface area contributed by atoms with Crippen LogP contribution in [0.15, 0.2) is 0 Å². The predicted octanol–water partition coefficient (Wildman–Crippen LogP) is 1.80. The Morgan fingerprint density at radius 1 is 1.22 bits per heavy atom. The average Bonchev–Trinajstić information content (AvgIpc) is 1.90. The van der Waals surface area contributed by atoms with Crippen molar-refractivity contribution < 1.29 is 5.21 Å². The summed E-state index contributed by atoms with van der Waals surface area (Å²) in [5.41, 5.74) is 0. The maximum atomic E-state index is 8.90. The van der Waals surface area contributed by atoms with Gasteiger partial charge in [0.15, 0.2) is 0 Å². The quantitative estimate of drug-likeness (QED) is 0.544. The van der Waals surface area contributed by atoms with Crippen LogP contribution >= 0.6 is 0 Å². The van der Waals surface area contributed by atoms with Crippen LogP contribution in [-0.4, -0.2) is 16.3 Å². The molecule has 9 heavy (non-hydrogen) atoms. The maximum absolute atomic E-state index is 8.90. The molecule has 0 amide bonds. The van der Waals surface area contributed by atoms with E-state index in [1.165, 1.54) is 19.3 Å². The second-order valence-corrected chi connectivity index (χ2v) is 2.73. The van der Waals surface area contributed by atoms with Crippen molar-refractivity contribution >= 4 is 0 Å². The normalized spacial score (nSPS) is 23.0. The number of hydrogen-bond acceptors (Lipinski definition) is 2. The zero-order valence-corrected chi connectivity index (χ0v) is 5.71. The van der Waals surface area contributed by atoms with Gasteiger partial charge in [-0.25, -0.2) is 0 Å². The molecule has 1 N–H and O–H groups in total. The van der Waals surface area contributed by atoms with E-state index in [1.54, 1.807) is 0 Å². The van der Waals surface area contributed by atoms with Crippen LogP contribution in [0.1, 0.15) is 32.1 Å². The van der Waals surface area contributed by atoms with E-state index in [0.717, 1.165) is 17.9 Å². The highest BCUT2D eigenvalue weighted by molar-refractivity contribution is 4.69. The zero-order valence-electron chi connectivity index (χ0n) is 5.71. The van der Waals surface area contributed by atoms with Crippen molar-refractivity contribution in [1.29, 1.82) is 0 Å². The molecule has 0 aromatic heterocycles. The lowest BCUT2D eigenvalue weighted by Crippen LogP contribution is -2.28. The van der Waals surface area contributed by atoms with Crippen molar-refractivity contribution in [3.05, 3.63) is 7.05 Å². The van der Waals surface area contributed by atoms with E-state index in [0.29, 0.717) is 6.04 Å². The smallest absolute Gasteiger partial charge is 0.0392 e. The fourth-order valence-corrected chi connectivity index (χ4v) is 1.38. The first-order chi connectivity index (χ1) is 4.30. The molecule has 0 unspecified atom stereocenters. The van der Waals surface area contributed by atoms with Crippen LogP contribution in [0.5, 0.6) is 0 Å². The van der Waals surface area contributed by atoms with Gasteiger partial charge in [0, 0.05) is 13.1 Å². The second kappa shape index (κ2) is 3.18. The summed E-state index contributed by atoms with van der Waals surface area (Å²) in [4.78, 5) is 0. The van der Waals surface area contributed by atoms with Crippen molar-refractivity contribution in [2.45, 2.75) is 38.1 Å². The molecule has 1 aliphatic rings. The minimum Gasteiger partial charge on any atom is -0.314 e. The Hall–Kier alpha value is -0.0800. The van der Waals surface area contributed by atoms with Crippen molar-refractivity contribution in [3.8, 4) is 0 Å². The highest BCUT2D eigenvalue weighted by Crippen LogP contribution is 2.20. The first-order valence-electron chi connectivity index (χ1n) is 3.59. The molecule has 0 spiro atoms. The minimum absolute atomic E-state index is 0.332. The van der Waals surface area contributed by atoms with Crippen LogP contribution < -0.4 is 0 Å². The first kappa shape index (κ1) is 7.03. The summed E-state index contributed by atoms with van der Waals surface area (Å²) in [6, 6.07) is 0.332. The van der Waals surface area contributed by atoms with Gasteiger partial charge in [-0.05, 0) is 12.8 Å². The zero-order chi connectivity index (χ0) is 6.69. The molecule has 1 radical (unpaired) electrons. The van der Waals surface area contributed by atoms with E-state index in [1.807, 2.05) is 0 Å². The number of rotatable bonds is 1. The van der Waals surface area contributed by atoms with Crippen LogP contribution in [0.3, 0.4) is 0 Å². The Labute approximate surface area is 56.4 Å². The summed E-state index contributed by atoms with van der Waals surface area (Å²) in [5.74, 6) is 0. The summed E-state index contributed by atoms with van der Waals surface area (Å²) in [5, 5.41) is 10.0. The first-order valence-corrected chi connectivity index (χ1v) is 3.59. The fourth-order valence-electron chi connectivity index (χ4n) is 1.38. The molecule has 0 atom stereocenters. The van der Waals surface area contributed by atoms with Gasteiger partial charge in [0.05, 0.1) is 0 Å². The third-order valence-electron chi connectivity index (χ3n) is 2.00. The summed E-state index contributed by atoms with van der Waals surface area (Å²) in [7, 11) is 3.45. The third kappa shape index (κ3) is 1.95. The average molecular weight is 128 g/mol. The lowest BCUT2D eigenvalue weighted by molar-refractivity contribution is -0.0921. The molecule has 0 aromatic carbocycles. The Bertz CT molecular complexity index is 77.0. The molecule has 0 bridgehead atoms. The molecule has 0 heterocycles. The molecule has 0 aliphatic heterocycles. The number of hydroxylamine groups is 2. The van der Waals surface area contributed by atoms with Gasteiger partial charge < -0.3 is 5.21 Å². The second-order valence-electron chi connectivity index (χ2n) is 2.73. The summed E-state index contributed by atoms with van der Waals surface area (Å²) < 4.78 is 0. The van der Waals surface area contributed by atoms with Crippen LogP contribution in [-0.2, 0) is 0 Å². The Kier molecular flexibility index (Phi) is 2.49. The largest absolute Gasteiger partial charge is 0.314 e. The van der Waals surface area contributed by atoms with Crippen LogP contribution in [0, 0.1) is 7.05 Å². The van der Waals surface area contributed by atoms with E-state index >= 15 is 0 Å². The molecular formula is C7H14NO. The van der Waals surface area contributed by atoms with E-state index in [4.69, 9.17) is 5.21 Å². The van der Waals surface area contributed by atoms with Gasteiger partial charge in [-0.3, -0.25) is 0 Å². The van der Waals surface area contributed by atoms with Gasteiger partial charge in [0.25, 0.3) is 0 Å². The summed E-state index contributed by atoms with van der Waals surface area (Å²) in [6.07, 6.45) is 6.04. The predicted molar refractivity (Wildman–Crippen MR) is 35.9 cm³/mol. The SMILES string of the molecule is [CH2]N(O)C1CCCCC1.